The fourth-order valence-corrected chi connectivity index (χ4v) is 4.67. The van der Waals surface area contributed by atoms with Crippen LogP contribution in [0.25, 0.3) is 0 Å². The lowest BCUT2D eigenvalue weighted by molar-refractivity contribution is -0.157. The molecule has 29 heavy (non-hydrogen) atoms. The van der Waals surface area contributed by atoms with Crippen molar-refractivity contribution < 1.29 is 30.0 Å². The number of benzene rings is 3. The van der Waals surface area contributed by atoms with Gasteiger partial charge in [-0.15, -0.1) is 0 Å². The van der Waals surface area contributed by atoms with E-state index in [0.29, 0.717) is 22.3 Å². The Morgan fingerprint density at radius 1 is 0.828 bits per heavy atom. The molecule has 3 atom stereocenters. The first-order valence-electron chi connectivity index (χ1n) is 9.23. The van der Waals surface area contributed by atoms with Gasteiger partial charge in [0.2, 0.25) is 0 Å². The average Bonchev–Trinajstić information content (AvgIpc) is 2.71. The SMILES string of the molecule is O=C(Oc1ccc(O)cc1)C1CC2(O)c3ccccc3C1(O)c1ccc(O)cc12. The van der Waals surface area contributed by atoms with Crippen molar-refractivity contribution in [1.82, 2.24) is 0 Å². The van der Waals surface area contributed by atoms with Crippen LogP contribution in [0.3, 0.4) is 0 Å². The molecule has 6 nitrogen and oxygen atoms in total. The Morgan fingerprint density at radius 2 is 1.45 bits per heavy atom. The number of aromatic hydroxyl groups is 2. The molecular formula is C23H18O6. The highest BCUT2D eigenvalue weighted by molar-refractivity contribution is 5.81. The number of rotatable bonds is 2. The van der Waals surface area contributed by atoms with E-state index < -0.39 is 23.1 Å². The second-order valence-electron chi connectivity index (χ2n) is 7.57. The third-order valence-corrected chi connectivity index (χ3v) is 5.99. The van der Waals surface area contributed by atoms with Gasteiger partial charge in [0, 0.05) is 6.42 Å². The number of ether oxygens (including phenoxy) is 1. The third-order valence-electron chi connectivity index (χ3n) is 5.99. The molecule has 0 fully saturated rings. The molecule has 2 bridgehead atoms. The number of esters is 1. The first-order chi connectivity index (χ1) is 13.8. The first-order valence-corrected chi connectivity index (χ1v) is 9.23. The summed E-state index contributed by atoms with van der Waals surface area (Å²) in [5.74, 6) is -1.52. The molecule has 6 heteroatoms. The summed E-state index contributed by atoms with van der Waals surface area (Å²) in [6.07, 6.45) is -0.0894. The van der Waals surface area contributed by atoms with Crippen LogP contribution >= 0.6 is 0 Å². The van der Waals surface area contributed by atoms with Gasteiger partial charge in [0.1, 0.15) is 28.5 Å². The van der Waals surface area contributed by atoms with Gasteiger partial charge >= 0.3 is 5.97 Å². The van der Waals surface area contributed by atoms with Crippen molar-refractivity contribution in [3.05, 3.63) is 89.0 Å². The standard InChI is InChI=1S/C23H18O6/c24-13-5-8-15(9-6-13)29-21(26)20-12-22(27)16-3-1-2-4-17(16)23(20,28)18-10-7-14(25)11-19(18)22/h1-11,20,24-25,27-28H,12H2. The van der Waals surface area contributed by atoms with E-state index in [2.05, 4.69) is 0 Å². The summed E-state index contributed by atoms with van der Waals surface area (Å²) in [6, 6.07) is 17.0. The van der Waals surface area contributed by atoms with Crippen LogP contribution in [0.15, 0.2) is 66.7 Å². The van der Waals surface area contributed by atoms with E-state index in [4.69, 9.17) is 4.74 Å². The number of carbonyl (C=O) groups excluding carboxylic acids is 1. The van der Waals surface area contributed by atoms with Crippen molar-refractivity contribution >= 4 is 5.97 Å². The van der Waals surface area contributed by atoms with Gasteiger partial charge in [0.25, 0.3) is 0 Å². The minimum Gasteiger partial charge on any atom is -0.508 e. The third kappa shape index (κ3) is 2.33. The van der Waals surface area contributed by atoms with E-state index in [1.165, 1.54) is 42.5 Å². The smallest absolute Gasteiger partial charge is 0.318 e. The number of phenols is 2. The summed E-state index contributed by atoms with van der Waals surface area (Å²) < 4.78 is 5.45. The van der Waals surface area contributed by atoms with Gasteiger partial charge in [-0.3, -0.25) is 4.79 Å². The molecule has 4 N–H and O–H groups in total. The van der Waals surface area contributed by atoms with Gasteiger partial charge in [-0.25, -0.2) is 0 Å². The lowest BCUT2D eigenvalue weighted by Crippen LogP contribution is -2.57. The Kier molecular flexibility index (Phi) is 3.56. The Hall–Kier alpha value is -3.35. The molecule has 3 aromatic rings. The normalized spacial score (nSPS) is 26.5. The molecule has 3 aliphatic carbocycles. The summed E-state index contributed by atoms with van der Waals surface area (Å²) in [4.78, 5) is 13.1. The van der Waals surface area contributed by atoms with E-state index >= 15 is 0 Å². The van der Waals surface area contributed by atoms with Crippen molar-refractivity contribution in [2.45, 2.75) is 17.6 Å². The lowest BCUT2D eigenvalue weighted by atomic mass is 9.54. The predicted molar refractivity (Wildman–Crippen MR) is 102 cm³/mol. The van der Waals surface area contributed by atoms with Crippen LogP contribution in [-0.2, 0) is 16.0 Å². The summed E-state index contributed by atoms with van der Waals surface area (Å²) in [6.45, 7) is 0. The molecule has 0 saturated heterocycles. The Labute approximate surface area is 166 Å². The van der Waals surface area contributed by atoms with Crippen LogP contribution in [0.2, 0.25) is 0 Å². The summed E-state index contributed by atoms with van der Waals surface area (Å²) in [5, 5.41) is 42.8. The van der Waals surface area contributed by atoms with E-state index in [-0.39, 0.29) is 23.7 Å². The van der Waals surface area contributed by atoms with Crippen LogP contribution in [0.1, 0.15) is 28.7 Å². The van der Waals surface area contributed by atoms with E-state index in [9.17, 15) is 25.2 Å². The van der Waals surface area contributed by atoms with Gasteiger partial charge in [-0.2, -0.15) is 0 Å². The lowest BCUT2D eigenvalue weighted by Gasteiger charge is -2.53. The monoisotopic (exact) mass is 390 g/mol. The quantitative estimate of drug-likeness (QED) is 0.396. The highest BCUT2D eigenvalue weighted by atomic mass is 16.5. The topological polar surface area (TPSA) is 107 Å². The Morgan fingerprint density at radius 3 is 2.17 bits per heavy atom. The molecule has 6 rings (SSSR count). The van der Waals surface area contributed by atoms with E-state index in [0.717, 1.165) is 0 Å². The average molecular weight is 390 g/mol. The van der Waals surface area contributed by atoms with E-state index in [1.54, 1.807) is 24.3 Å². The maximum atomic E-state index is 13.1. The van der Waals surface area contributed by atoms with Crippen molar-refractivity contribution in [3.63, 3.8) is 0 Å². The molecule has 146 valence electrons. The number of hydrogen-bond donors (Lipinski definition) is 4. The number of aliphatic hydroxyl groups is 2. The van der Waals surface area contributed by atoms with Crippen LogP contribution < -0.4 is 4.74 Å². The van der Waals surface area contributed by atoms with Gasteiger partial charge in [-0.1, -0.05) is 30.3 Å². The number of carbonyl (C=O) groups is 1. The van der Waals surface area contributed by atoms with Gasteiger partial charge < -0.3 is 25.2 Å². The van der Waals surface area contributed by atoms with Crippen molar-refractivity contribution in [3.8, 4) is 17.2 Å². The molecule has 0 heterocycles. The highest BCUT2D eigenvalue weighted by Crippen LogP contribution is 2.60. The van der Waals surface area contributed by atoms with Crippen LogP contribution in [0, 0.1) is 5.92 Å². The second-order valence-corrected chi connectivity index (χ2v) is 7.57. The highest BCUT2D eigenvalue weighted by Gasteiger charge is 2.62. The predicted octanol–water partition coefficient (Wildman–Crippen LogP) is 2.51. The molecule has 0 amide bonds. The second kappa shape index (κ2) is 5.83. The first kappa shape index (κ1) is 17.7. The van der Waals surface area contributed by atoms with Crippen LogP contribution in [0.4, 0.5) is 0 Å². The van der Waals surface area contributed by atoms with Gasteiger partial charge in [0.15, 0.2) is 0 Å². The van der Waals surface area contributed by atoms with Gasteiger partial charge in [0.05, 0.1) is 5.92 Å². The summed E-state index contributed by atoms with van der Waals surface area (Å²) in [7, 11) is 0. The summed E-state index contributed by atoms with van der Waals surface area (Å²) >= 11 is 0. The Bertz CT molecular complexity index is 1140. The fourth-order valence-electron chi connectivity index (χ4n) is 4.67. The molecule has 3 aromatic carbocycles. The molecule has 0 spiro atoms. The zero-order valence-electron chi connectivity index (χ0n) is 15.2. The minimum absolute atomic E-state index is 0.0333. The largest absolute Gasteiger partial charge is 0.508 e. The molecular weight excluding hydrogens is 372 g/mol. The maximum Gasteiger partial charge on any atom is 0.318 e. The number of fused-ring (bicyclic) bond motifs is 1. The van der Waals surface area contributed by atoms with Crippen molar-refractivity contribution in [2.24, 2.45) is 5.92 Å². The summed E-state index contributed by atoms with van der Waals surface area (Å²) in [5.41, 5.74) is -1.55. The van der Waals surface area contributed by atoms with Gasteiger partial charge in [-0.05, 0) is 58.7 Å². The maximum absolute atomic E-state index is 13.1. The molecule has 0 radical (unpaired) electrons. The zero-order valence-corrected chi connectivity index (χ0v) is 15.2. The molecule has 3 aliphatic rings. The molecule has 3 unspecified atom stereocenters. The molecule has 0 aromatic heterocycles. The molecule has 0 saturated carbocycles. The Balaban J connectivity index is 1.65. The number of phenolic OH excluding ortho intramolecular Hbond substituents is 2. The van der Waals surface area contributed by atoms with Crippen molar-refractivity contribution in [2.75, 3.05) is 0 Å². The van der Waals surface area contributed by atoms with E-state index in [1.807, 2.05) is 0 Å². The van der Waals surface area contributed by atoms with Crippen LogP contribution in [-0.4, -0.2) is 26.4 Å². The fraction of sp³-hybridized carbons (Fsp3) is 0.174. The minimum atomic E-state index is -1.71. The number of hydrogen-bond acceptors (Lipinski definition) is 6. The van der Waals surface area contributed by atoms with Crippen LogP contribution in [0.5, 0.6) is 17.2 Å². The molecule has 0 aliphatic heterocycles. The van der Waals surface area contributed by atoms with Crippen molar-refractivity contribution in [1.29, 1.82) is 0 Å². The zero-order chi connectivity index (χ0) is 20.4.